The summed E-state index contributed by atoms with van der Waals surface area (Å²) >= 11 is 0. The summed E-state index contributed by atoms with van der Waals surface area (Å²) < 4.78 is 1.39. The van der Waals surface area contributed by atoms with Gasteiger partial charge in [0.25, 0.3) is 0 Å². The zero-order valence-corrected chi connectivity index (χ0v) is 19.0. The van der Waals surface area contributed by atoms with Gasteiger partial charge in [0, 0.05) is 18.4 Å². The molecule has 5 rings (SSSR count). The first kappa shape index (κ1) is 21.9. The van der Waals surface area contributed by atoms with E-state index in [1.165, 1.54) is 4.68 Å². The molecule has 0 atom stereocenters. The molecule has 4 aromatic carbocycles. The summed E-state index contributed by atoms with van der Waals surface area (Å²) in [7, 11) is 0. The molecule has 1 N–H and O–H groups in total. The molecule has 5 aromatic rings. The van der Waals surface area contributed by atoms with Gasteiger partial charge in [0.1, 0.15) is 10.9 Å². The summed E-state index contributed by atoms with van der Waals surface area (Å²) in [6.07, 6.45) is 7.30. The van der Waals surface area contributed by atoms with Crippen LogP contribution in [0.2, 0.25) is 0 Å². The van der Waals surface area contributed by atoms with Gasteiger partial charge in [-0.3, -0.25) is 4.99 Å². The van der Waals surface area contributed by atoms with E-state index in [1.807, 2.05) is 121 Å². The van der Waals surface area contributed by atoms with Gasteiger partial charge in [-0.05, 0) is 34.9 Å². The molecule has 0 amide bonds. The van der Waals surface area contributed by atoms with Gasteiger partial charge in [-0.15, -0.1) is 0 Å². The van der Waals surface area contributed by atoms with E-state index in [4.69, 9.17) is 0 Å². The van der Waals surface area contributed by atoms with Crippen LogP contribution >= 0.6 is 0 Å². The number of nitrogens with zero attached hydrogens (tertiary/aromatic N) is 3. The fraction of sp³-hybridized carbons (Fsp3) is 0. The summed E-state index contributed by atoms with van der Waals surface area (Å²) in [6.45, 7) is 0. The molecule has 0 aliphatic carbocycles. The van der Waals surface area contributed by atoms with E-state index in [2.05, 4.69) is 15.1 Å². The van der Waals surface area contributed by atoms with E-state index < -0.39 is 0 Å². The summed E-state index contributed by atoms with van der Waals surface area (Å²) in [5.41, 5.74) is 4.17. The molecule has 0 bridgehead atoms. The van der Waals surface area contributed by atoms with Gasteiger partial charge >= 0.3 is 11.4 Å². The van der Waals surface area contributed by atoms with Crippen LogP contribution in [0.25, 0.3) is 23.1 Å². The highest BCUT2D eigenvalue weighted by Gasteiger charge is 2.16. The number of benzene rings is 4. The summed E-state index contributed by atoms with van der Waals surface area (Å²) in [5, 5.41) is 5.04. The molecule has 0 fully saturated rings. The largest absolute Gasteiger partial charge is 0.370 e. The number of fused-ring (bicyclic) bond motifs is 1. The predicted molar refractivity (Wildman–Crippen MR) is 143 cm³/mol. The van der Waals surface area contributed by atoms with E-state index in [0.717, 1.165) is 22.4 Å². The van der Waals surface area contributed by atoms with E-state index in [0.29, 0.717) is 16.7 Å². The van der Waals surface area contributed by atoms with Crippen LogP contribution < -0.4 is 10.5 Å². The zero-order valence-electron chi connectivity index (χ0n) is 19.0. The lowest BCUT2D eigenvalue weighted by molar-refractivity contribution is -0.356. The number of aromatic nitrogens is 2. The standard InChI is InChI=1S/C30H22N4O/c35-30-27-18-17-26(31-21-24-12-6-2-7-13-24)20-28(27)33-29(19-16-23-10-4-1-5-11-23)34(30)32-22-25-14-8-3-9-15-25/h1-22H/p+1. The minimum absolute atomic E-state index is 0.211. The Labute approximate surface area is 203 Å². The van der Waals surface area contributed by atoms with E-state index in [9.17, 15) is 4.79 Å². The van der Waals surface area contributed by atoms with Gasteiger partial charge in [-0.25, -0.2) is 9.78 Å². The molecule has 0 spiro atoms. The predicted octanol–water partition coefficient (Wildman–Crippen LogP) is 5.62. The van der Waals surface area contributed by atoms with Gasteiger partial charge < -0.3 is 0 Å². The van der Waals surface area contributed by atoms with Crippen molar-refractivity contribution in [2.45, 2.75) is 0 Å². The highest BCUT2D eigenvalue weighted by molar-refractivity contribution is 5.85. The van der Waals surface area contributed by atoms with Crippen molar-refractivity contribution in [3.05, 3.63) is 142 Å². The van der Waals surface area contributed by atoms with Crippen LogP contribution in [0.3, 0.4) is 0 Å². The fourth-order valence-electron chi connectivity index (χ4n) is 3.63. The lowest BCUT2D eigenvalue weighted by Gasteiger charge is -2.01. The second-order valence-corrected chi connectivity index (χ2v) is 7.93. The number of rotatable bonds is 6. The van der Waals surface area contributed by atoms with Gasteiger partial charge in [-0.2, -0.15) is 0 Å². The quantitative estimate of drug-likeness (QED) is 0.307. The number of H-pyrrole nitrogens is 1. The minimum Gasteiger partial charge on any atom is -0.256 e. The molecule has 0 radical (unpaired) electrons. The van der Waals surface area contributed by atoms with Gasteiger partial charge in [0.15, 0.2) is 0 Å². The van der Waals surface area contributed by atoms with Crippen molar-refractivity contribution in [3.63, 3.8) is 0 Å². The first-order chi connectivity index (χ1) is 17.3. The summed E-state index contributed by atoms with van der Waals surface area (Å²) in [6, 6.07) is 35.0. The summed E-state index contributed by atoms with van der Waals surface area (Å²) in [4.78, 5) is 21.4. The van der Waals surface area contributed by atoms with E-state index in [1.54, 1.807) is 12.3 Å². The second-order valence-electron chi connectivity index (χ2n) is 7.93. The molecule has 0 saturated heterocycles. The topological polar surface area (TPSA) is 60.9 Å². The van der Waals surface area contributed by atoms with Crippen LogP contribution in [0, 0.1) is 0 Å². The Bertz CT molecular complexity index is 1590. The molecule has 0 aliphatic rings. The number of hydrogen-bond donors (Lipinski definition) is 0. The third-order valence-electron chi connectivity index (χ3n) is 5.43. The number of nitrogens with one attached hydrogen (secondary N) is 1. The van der Waals surface area contributed by atoms with Gasteiger partial charge in [0.2, 0.25) is 0 Å². The monoisotopic (exact) mass is 455 g/mol. The highest BCUT2D eigenvalue weighted by Crippen LogP contribution is 2.17. The Morgan fingerprint density at radius 3 is 1.91 bits per heavy atom. The van der Waals surface area contributed by atoms with Crippen LogP contribution in [0.15, 0.2) is 124 Å². The van der Waals surface area contributed by atoms with Crippen molar-refractivity contribution in [2.75, 3.05) is 0 Å². The Morgan fingerprint density at radius 2 is 1.26 bits per heavy atom. The Morgan fingerprint density at radius 1 is 0.657 bits per heavy atom. The van der Waals surface area contributed by atoms with Crippen molar-refractivity contribution in [3.8, 4) is 0 Å². The average Bonchev–Trinajstić information content (AvgIpc) is 2.92. The van der Waals surface area contributed by atoms with Gasteiger partial charge in [-0.1, -0.05) is 101 Å². The van der Waals surface area contributed by atoms with Crippen LogP contribution in [0.1, 0.15) is 22.5 Å². The first-order valence-corrected chi connectivity index (χ1v) is 11.3. The Hall–Kier alpha value is -4.90. The lowest BCUT2D eigenvalue weighted by Crippen LogP contribution is -2.28. The number of aliphatic imine (C=N–C) groups is 1. The molecule has 0 aliphatic heterocycles. The van der Waals surface area contributed by atoms with E-state index >= 15 is 0 Å². The smallest absolute Gasteiger partial charge is 0.256 e. The molecule has 5 nitrogen and oxygen atoms in total. The molecule has 0 saturated carbocycles. The van der Waals surface area contributed by atoms with Crippen molar-refractivity contribution in [1.82, 2.24) is 4.68 Å². The van der Waals surface area contributed by atoms with Gasteiger partial charge in [0.05, 0.1) is 11.9 Å². The molecule has 35 heavy (non-hydrogen) atoms. The molecular formula is C30H23N4O+. The van der Waals surface area contributed by atoms with Crippen LogP contribution in [-0.2, 0) is 0 Å². The maximum absolute atomic E-state index is 13.4. The zero-order chi connectivity index (χ0) is 23.9. The third-order valence-corrected chi connectivity index (χ3v) is 5.43. The molecular weight excluding hydrogens is 432 g/mol. The molecule has 0 unspecified atom stereocenters. The first-order valence-electron chi connectivity index (χ1n) is 11.3. The highest BCUT2D eigenvalue weighted by atomic mass is 16.1. The van der Waals surface area contributed by atoms with Crippen LogP contribution in [0.4, 0.5) is 5.69 Å². The average molecular weight is 456 g/mol. The molecule has 1 heterocycles. The van der Waals surface area contributed by atoms with Crippen LogP contribution in [0.5, 0.6) is 0 Å². The van der Waals surface area contributed by atoms with E-state index in [-0.39, 0.29) is 5.56 Å². The Balaban J connectivity index is 1.59. The molecule has 1 aromatic heterocycles. The Kier molecular flexibility index (Phi) is 6.49. The van der Waals surface area contributed by atoms with Crippen molar-refractivity contribution < 1.29 is 4.98 Å². The third kappa shape index (κ3) is 5.37. The molecule has 168 valence electrons. The van der Waals surface area contributed by atoms with Crippen molar-refractivity contribution in [1.29, 1.82) is 0 Å². The van der Waals surface area contributed by atoms with Crippen LogP contribution in [-0.4, -0.2) is 17.1 Å². The normalized spacial score (nSPS) is 11.8. The number of hydrogen-bond acceptors (Lipinski definition) is 3. The van der Waals surface area contributed by atoms with Crippen molar-refractivity contribution in [2.24, 2.45) is 10.1 Å². The SMILES string of the molecule is O=c1c2ccc(N=Cc3ccccc3)cc2[nH+]c(C=Cc2ccccc2)n1N=Cc1ccccc1. The maximum Gasteiger partial charge on any atom is 0.370 e. The molecule has 5 heteroatoms. The fourth-order valence-corrected chi connectivity index (χ4v) is 3.63. The lowest BCUT2D eigenvalue weighted by atomic mass is 10.2. The van der Waals surface area contributed by atoms with Crippen molar-refractivity contribution >= 4 is 41.2 Å². The minimum atomic E-state index is -0.211. The second kappa shape index (κ2) is 10.4. The maximum atomic E-state index is 13.4. The summed E-state index contributed by atoms with van der Waals surface area (Å²) in [5.74, 6) is 0.558. The number of aromatic amines is 1.